The molecule has 24 heavy (non-hydrogen) atoms. The second-order valence-corrected chi connectivity index (χ2v) is 5.67. The highest BCUT2D eigenvalue weighted by molar-refractivity contribution is 7.98. The third-order valence-electron chi connectivity index (χ3n) is 3.04. The fraction of sp³-hybridized carbons (Fsp3) is 0.231. The molecule has 0 aliphatic carbocycles. The Morgan fingerprint density at radius 1 is 1.08 bits per heavy atom. The number of hydrogen-bond donors (Lipinski definition) is 2. The van der Waals surface area contributed by atoms with Crippen molar-refractivity contribution in [1.82, 2.24) is 35.2 Å². The van der Waals surface area contributed by atoms with Crippen molar-refractivity contribution >= 4 is 23.7 Å². The normalized spacial score (nSPS) is 10.7. The van der Waals surface area contributed by atoms with E-state index in [-0.39, 0.29) is 11.9 Å². The summed E-state index contributed by atoms with van der Waals surface area (Å²) >= 11 is 1.39. The van der Waals surface area contributed by atoms with E-state index in [0.717, 1.165) is 11.3 Å². The average molecular weight is 345 g/mol. The van der Waals surface area contributed by atoms with Gasteiger partial charge in [-0.15, -0.1) is 5.10 Å². The number of nitrogens with zero attached hydrogens (tertiary/aromatic N) is 7. The highest BCUT2D eigenvalue weighted by Gasteiger charge is 2.10. The molecule has 0 amide bonds. The average Bonchev–Trinajstić information content (AvgIpc) is 3.00. The molecule has 124 valence electrons. The lowest BCUT2D eigenvalue weighted by atomic mass is 10.2. The summed E-state index contributed by atoms with van der Waals surface area (Å²) in [5.74, 6) is 1.89. The summed E-state index contributed by atoms with van der Waals surface area (Å²) in [4.78, 5) is 11.8. The van der Waals surface area contributed by atoms with Gasteiger partial charge in [-0.1, -0.05) is 23.9 Å². The van der Waals surface area contributed by atoms with Crippen LogP contribution in [0.5, 0.6) is 5.75 Å². The zero-order valence-corrected chi connectivity index (χ0v) is 13.6. The summed E-state index contributed by atoms with van der Waals surface area (Å²) in [6.45, 7) is 0.542. The number of nitrogen functional groups attached to an aromatic ring is 2. The molecular formula is C13H15N9OS. The monoisotopic (exact) mass is 345 g/mol. The largest absolute Gasteiger partial charge is 0.497 e. The number of nitrogens with two attached hydrogens (primary N) is 2. The van der Waals surface area contributed by atoms with Crippen LogP contribution >= 0.6 is 11.8 Å². The van der Waals surface area contributed by atoms with Crippen LogP contribution in [0.4, 0.5) is 11.9 Å². The highest BCUT2D eigenvalue weighted by Crippen LogP contribution is 2.20. The molecule has 0 fully saturated rings. The Hall–Kier alpha value is -2.95. The molecule has 0 spiro atoms. The molecule has 0 atom stereocenters. The molecule has 2 heterocycles. The molecule has 0 unspecified atom stereocenters. The van der Waals surface area contributed by atoms with E-state index in [1.165, 1.54) is 11.8 Å². The maximum absolute atomic E-state index is 5.56. The van der Waals surface area contributed by atoms with Crippen molar-refractivity contribution in [3.63, 3.8) is 0 Å². The van der Waals surface area contributed by atoms with E-state index in [9.17, 15) is 0 Å². The second kappa shape index (κ2) is 7.08. The third-order valence-corrected chi connectivity index (χ3v) is 3.99. The van der Waals surface area contributed by atoms with E-state index < -0.39 is 0 Å². The van der Waals surface area contributed by atoms with Crippen LogP contribution in [0.1, 0.15) is 11.4 Å². The lowest BCUT2D eigenvalue weighted by molar-refractivity contribution is 0.414. The van der Waals surface area contributed by atoms with Crippen LogP contribution in [0, 0.1) is 0 Å². The molecule has 0 aliphatic rings. The maximum Gasteiger partial charge on any atom is 0.225 e. The number of thioether (sulfide) groups is 1. The van der Waals surface area contributed by atoms with Gasteiger partial charge < -0.3 is 16.2 Å². The van der Waals surface area contributed by atoms with Crippen LogP contribution in [0.25, 0.3) is 0 Å². The van der Waals surface area contributed by atoms with E-state index >= 15 is 0 Å². The Bertz CT molecular complexity index is 800. The second-order valence-electron chi connectivity index (χ2n) is 4.72. The number of methoxy groups -OCH3 is 1. The third kappa shape index (κ3) is 3.87. The predicted molar refractivity (Wildman–Crippen MR) is 88.1 cm³/mol. The maximum atomic E-state index is 5.56. The predicted octanol–water partition coefficient (Wildman–Crippen LogP) is 0.372. The van der Waals surface area contributed by atoms with Crippen LogP contribution in [-0.4, -0.2) is 42.3 Å². The molecular weight excluding hydrogens is 330 g/mol. The summed E-state index contributed by atoms with van der Waals surface area (Å²) in [6, 6.07) is 7.70. The van der Waals surface area contributed by atoms with E-state index in [4.69, 9.17) is 16.2 Å². The first-order chi connectivity index (χ1) is 11.6. The van der Waals surface area contributed by atoms with Gasteiger partial charge in [0.2, 0.25) is 17.1 Å². The lowest BCUT2D eigenvalue weighted by Gasteiger charge is -2.06. The van der Waals surface area contributed by atoms with Gasteiger partial charge >= 0.3 is 0 Å². The van der Waals surface area contributed by atoms with E-state index in [0.29, 0.717) is 23.3 Å². The first kappa shape index (κ1) is 15.9. The van der Waals surface area contributed by atoms with Gasteiger partial charge in [0.25, 0.3) is 0 Å². The van der Waals surface area contributed by atoms with Crippen molar-refractivity contribution in [2.75, 3.05) is 18.6 Å². The van der Waals surface area contributed by atoms with Crippen LogP contribution in [-0.2, 0) is 12.3 Å². The number of ether oxygens (including phenoxy) is 1. The number of tetrazole rings is 1. The minimum Gasteiger partial charge on any atom is -0.497 e. The number of benzene rings is 1. The summed E-state index contributed by atoms with van der Waals surface area (Å²) in [5, 5.41) is 12.4. The molecule has 1 aromatic carbocycles. The van der Waals surface area contributed by atoms with E-state index in [2.05, 4.69) is 30.5 Å². The molecule has 0 radical (unpaired) electrons. The summed E-state index contributed by atoms with van der Waals surface area (Å²) in [5.41, 5.74) is 12.2. The molecule has 10 nitrogen and oxygen atoms in total. The molecule has 0 aliphatic heterocycles. The fourth-order valence-electron chi connectivity index (χ4n) is 1.95. The molecule has 4 N–H and O–H groups in total. The molecule has 0 saturated carbocycles. The van der Waals surface area contributed by atoms with Crippen LogP contribution < -0.4 is 16.2 Å². The van der Waals surface area contributed by atoms with Gasteiger partial charge in [-0.2, -0.15) is 15.0 Å². The Kier molecular flexibility index (Phi) is 4.70. The number of hydrogen-bond acceptors (Lipinski definition) is 10. The molecule has 0 bridgehead atoms. The Labute approximate surface area is 141 Å². The molecule has 3 aromatic rings. The van der Waals surface area contributed by atoms with Gasteiger partial charge in [0.05, 0.1) is 19.4 Å². The van der Waals surface area contributed by atoms with Gasteiger partial charge in [0.1, 0.15) is 11.6 Å². The summed E-state index contributed by atoms with van der Waals surface area (Å²) in [6.07, 6.45) is 0. The SMILES string of the molecule is COc1ccc(Cn2nnnc2SCc2nc(N)nc(N)n2)cc1. The fourth-order valence-corrected chi connectivity index (χ4v) is 2.69. The van der Waals surface area contributed by atoms with Crippen molar-refractivity contribution < 1.29 is 4.74 Å². The van der Waals surface area contributed by atoms with Gasteiger partial charge in [0, 0.05) is 0 Å². The van der Waals surface area contributed by atoms with Crippen LogP contribution in [0.3, 0.4) is 0 Å². The number of rotatable bonds is 6. The minimum atomic E-state index is 0.0934. The lowest BCUT2D eigenvalue weighted by Crippen LogP contribution is -2.07. The molecule has 0 saturated heterocycles. The number of aromatic nitrogens is 7. The zero-order chi connectivity index (χ0) is 16.9. The first-order valence-electron chi connectivity index (χ1n) is 6.92. The van der Waals surface area contributed by atoms with Crippen molar-refractivity contribution in [2.45, 2.75) is 17.5 Å². The van der Waals surface area contributed by atoms with Crippen molar-refractivity contribution in [3.05, 3.63) is 35.7 Å². The topological polar surface area (TPSA) is 144 Å². The van der Waals surface area contributed by atoms with Gasteiger partial charge in [-0.3, -0.25) is 0 Å². The van der Waals surface area contributed by atoms with Crippen LogP contribution in [0.2, 0.25) is 0 Å². The van der Waals surface area contributed by atoms with E-state index in [1.54, 1.807) is 11.8 Å². The van der Waals surface area contributed by atoms with Crippen molar-refractivity contribution in [1.29, 1.82) is 0 Å². The van der Waals surface area contributed by atoms with Crippen molar-refractivity contribution in [2.24, 2.45) is 0 Å². The van der Waals surface area contributed by atoms with E-state index in [1.807, 2.05) is 24.3 Å². The summed E-state index contributed by atoms with van der Waals surface area (Å²) < 4.78 is 6.84. The van der Waals surface area contributed by atoms with Gasteiger partial charge in [0.15, 0.2) is 0 Å². The minimum absolute atomic E-state index is 0.0934. The summed E-state index contributed by atoms with van der Waals surface area (Å²) in [7, 11) is 1.63. The Morgan fingerprint density at radius 2 is 1.79 bits per heavy atom. The van der Waals surface area contributed by atoms with Gasteiger partial charge in [-0.25, -0.2) is 4.68 Å². The zero-order valence-electron chi connectivity index (χ0n) is 12.8. The first-order valence-corrected chi connectivity index (χ1v) is 7.90. The van der Waals surface area contributed by atoms with Gasteiger partial charge in [-0.05, 0) is 28.1 Å². The molecule has 2 aromatic heterocycles. The molecule has 3 rings (SSSR count). The Balaban J connectivity index is 1.68. The number of anilines is 2. The molecule has 11 heteroatoms. The standard InChI is InChI=1S/C13H15N9OS/c1-23-9-4-2-8(3-5-9)6-22-13(19-20-21-22)24-7-10-16-11(14)18-12(15)17-10/h2-5H,6-7H2,1H3,(H4,14,15,16,17,18). The van der Waals surface area contributed by atoms with Crippen LogP contribution in [0.15, 0.2) is 29.4 Å². The van der Waals surface area contributed by atoms with Crippen molar-refractivity contribution in [3.8, 4) is 5.75 Å². The Morgan fingerprint density at radius 3 is 2.46 bits per heavy atom. The quantitative estimate of drug-likeness (QED) is 0.601. The highest BCUT2D eigenvalue weighted by atomic mass is 32.2. The smallest absolute Gasteiger partial charge is 0.225 e.